The first-order valence-corrected chi connectivity index (χ1v) is 6.23. The highest BCUT2D eigenvalue weighted by Crippen LogP contribution is 2.32. The van der Waals surface area contributed by atoms with Crippen molar-refractivity contribution < 1.29 is 4.79 Å². The molecule has 2 heterocycles. The summed E-state index contributed by atoms with van der Waals surface area (Å²) < 4.78 is 0. The Hall–Kier alpha value is -0.900. The third-order valence-electron chi connectivity index (χ3n) is 2.73. The number of hydrogen-bond donors (Lipinski definition) is 1. The van der Waals surface area contributed by atoms with Gasteiger partial charge >= 0.3 is 0 Å². The Bertz CT molecular complexity index is 334. The van der Waals surface area contributed by atoms with Crippen molar-refractivity contribution in [3.63, 3.8) is 0 Å². The Balaban J connectivity index is 2.12. The minimum Gasteiger partial charge on any atom is -0.353 e. The Labute approximate surface area is 93.9 Å². The van der Waals surface area contributed by atoms with Crippen LogP contribution in [0.25, 0.3) is 0 Å². The zero-order valence-electron chi connectivity index (χ0n) is 9.06. The number of carbonyl (C=O) groups is 1. The molecular weight excluding hydrogens is 208 g/mol. The molecule has 4 heteroatoms. The topological polar surface area (TPSA) is 42.0 Å². The molecule has 1 aromatic rings. The van der Waals surface area contributed by atoms with Crippen LogP contribution in [0.5, 0.6) is 0 Å². The number of hydrogen-bond acceptors (Lipinski definition) is 3. The largest absolute Gasteiger partial charge is 0.353 e. The molecule has 1 N–H and O–H groups in total. The molecule has 0 aliphatic carbocycles. The zero-order valence-corrected chi connectivity index (χ0v) is 9.88. The average Bonchev–Trinajstić information content (AvgIpc) is 2.72. The first kappa shape index (κ1) is 10.6. The number of amides is 1. The van der Waals surface area contributed by atoms with Crippen molar-refractivity contribution in [3.8, 4) is 0 Å². The maximum absolute atomic E-state index is 11.4. The number of aromatic nitrogens is 1. The van der Waals surface area contributed by atoms with Crippen LogP contribution >= 0.6 is 11.3 Å². The zero-order chi connectivity index (χ0) is 10.8. The van der Waals surface area contributed by atoms with Crippen molar-refractivity contribution in [2.45, 2.75) is 38.6 Å². The summed E-state index contributed by atoms with van der Waals surface area (Å²) in [5, 5.41) is 6.12. The van der Waals surface area contributed by atoms with Crippen LogP contribution in [-0.4, -0.2) is 16.9 Å². The third-order valence-corrected chi connectivity index (χ3v) is 3.64. The Kier molecular flexibility index (Phi) is 3.05. The van der Waals surface area contributed by atoms with Crippen molar-refractivity contribution in [3.05, 3.63) is 16.6 Å². The molecular formula is C11H16N2OS. The summed E-state index contributed by atoms with van der Waals surface area (Å²) in [6, 6.07) is 0.281. The number of nitrogens with one attached hydrogen (secondary N) is 1. The standard InChI is InChI=1S/C11H16N2OS/c1-7(2)5-9-8(6-10(14)13-9)11-12-3-4-15-11/h3-4,7-9H,5-6H2,1-2H3,(H,13,14). The van der Waals surface area contributed by atoms with E-state index in [2.05, 4.69) is 24.1 Å². The molecule has 0 aromatic carbocycles. The van der Waals surface area contributed by atoms with E-state index >= 15 is 0 Å². The monoisotopic (exact) mass is 224 g/mol. The van der Waals surface area contributed by atoms with Gasteiger partial charge < -0.3 is 5.32 Å². The molecule has 1 aliphatic heterocycles. The van der Waals surface area contributed by atoms with Crippen LogP contribution in [0, 0.1) is 5.92 Å². The Morgan fingerprint density at radius 1 is 1.67 bits per heavy atom. The Morgan fingerprint density at radius 3 is 3.07 bits per heavy atom. The molecule has 2 rings (SSSR count). The molecule has 1 saturated heterocycles. The number of rotatable bonds is 3. The summed E-state index contributed by atoms with van der Waals surface area (Å²) in [4.78, 5) is 15.7. The first-order chi connectivity index (χ1) is 7.16. The maximum Gasteiger partial charge on any atom is 0.221 e. The van der Waals surface area contributed by atoms with Crippen LogP contribution < -0.4 is 5.32 Å². The molecule has 3 nitrogen and oxygen atoms in total. The predicted molar refractivity (Wildman–Crippen MR) is 60.9 cm³/mol. The predicted octanol–water partition coefficient (Wildman–Crippen LogP) is 2.16. The van der Waals surface area contributed by atoms with E-state index < -0.39 is 0 Å². The maximum atomic E-state index is 11.4. The van der Waals surface area contributed by atoms with Crippen molar-refractivity contribution >= 4 is 17.2 Å². The quantitative estimate of drug-likeness (QED) is 0.855. The first-order valence-electron chi connectivity index (χ1n) is 5.35. The fourth-order valence-electron chi connectivity index (χ4n) is 2.12. The number of thiazole rings is 1. The average molecular weight is 224 g/mol. The van der Waals surface area contributed by atoms with Crippen molar-refractivity contribution in [1.82, 2.24) is 10.3 Å². The van der Waals surface area contributed by atoms with E-state index in [-0.39, 0.29) is 11.9 Å². The van der Waals surface area contributed by atoms with Gasteiger partial charge in [-0.25, -0.2) is 4.98 Å². The summed E-state index contributed by atoms with van der Waals surface area (Å²) in [6.45, 7) is 4.37. The molecule has 2 atom stereocenters. The lowest BCUT2D eigenvalue weighted by molar-refractivity contribution is -0.119. The molecule has 15 heavy (non-hydrogen) atoms. The van der Waals surface area contributed by atoms with E-state index in [1.807, 2.05) is 11.6 Å². The van der Waals surface area contributed by atoms with Crippen LogP contribution in [0.2, 0.25) is 0 Å². The van der Waals surface area contributed by atoms with E-state index in [4.69, 9.17) is 0 Å². The molecule has 0 bridgehead atoms. The molecule has 1 aromatic heterocycles. The molecule has 0 radical (unpaired) electrons. The van der Waals surface area contributed by atoms with Crippen LogP contribution in [0.1, 0.15) is 37.6 Å². The van der Waals surface area contributed by atoms with Gasteiger partial charge in [0.2, 0.25) is 5.91 Å². The van der Waals surface area contributed by atoms with E-state index in [0.717, 1.165) is 11.4 Å². The van der Waals surface area contributed by atoms with Gasteiger partial charge in [-0.05, 0) is 12.3 Å². The smallest absolute Gasteiger partial charge is 0.221 e. The van der Waals surface area contributed by atoms with Gasteiger partial charge in [0.05, 0.1) is 5.01 Å². The molecule has 82 valence electrons. The fraction of sp³-hybridized carbons (Fsp3) is 0.636. The second kappa shape index (κ2) is 4.31. The molecule has 0 spiro atoms. The second-order valence-electron chi connectivity index (χ2n) is 4.48. The highest BCUT2D eigenvalue weighted by Gasteiger charge is 2.35. The van der Waals surface area contributed by atoms with Gasteiger partial charge in [-0.3, -0.25) is 4.79 Å². The minimum atomic E-state index is 0.167. The van der Waals surface area contributed by atoms with Crippen LogP contribution in [-0.2, 0) is 4.79 Å². The summed E-state index contributed by atoms with van der Waals surface area (Å²) >= 11 is 1.65. The summed E-state index contributed by atoms with van der Waals surface area (Å²) in [6.07, 6.45) is 3.45. The van der Waals surface area contributed by atoms with Crippen molar-refractivity contribution in [2.75, 3.05) is 0 Å². The van der Waals surface area contributed by atoms with Gasteiger partial charge in [0.1, 0.15) is 0 Å². The second-order valence-corrected chi connectivity index (χ2v) is 5.41. The molecule has 2 unspecified atom stereocenters. The van der Waals surface area contributed by atoms with Gasteiger partial charge in [-0.15, -0.1) is 11.3 Å². The molecule has 1 fully saturated rings. The van der Waals surface area contributed by atoms with Crippen LogP contribution in [0.3, 0.4) is 0 Å². The lowest BCUT2D eigenvalue weighted by Crippen LogP contribution is -2.29. The van der Waals surface area contributed by atoms with Gasteiger partial charge in [0.15, 0.2) is 0 Å². The SMILES string of the molecule is CC(C)CC1NC(=O)CC1c1nccs1. The highest BCUT2D eigenvalue weighted by molar-refractivity contribution is 7.09. The van der Waals surface area contributed by atoms with Crippen LogP contribution in [0.4, 0.5) is 0 Å². The van der Waals surface area contributed by atoms with E-state index in [9.17, 15) is 4.79 Å². The minimum absolute atomic E-state index is 0.167. The molecule has 0 saturated carbocycles. The normalized spacial score (nSPS) is 25.9. The van der Waals surface area contributed by atoms with Crippen molar-refractivity contribution in [1.29, 1.82) is 0 Å². The lowest BCUT2D eigenvalue weighted by atomic mass is 9.93. The lowest BCUT2D eigenvalue weighted by Gasteiger charge is -2.18. The van der Waals surface area contributed by atoms with Crippen LogP contribution in [0.15, 0.2) is 11.6 Å². The van der Waals surface area contributed by atoms with E-state index in [1.54, 1.807) is 11.3 Å². The fourth-order valence-corrected chi connectivity index (χ4v) is 2.92. The van der Waals surface area contributed by atoms with Crippen molar-refractivity contribution in [2.24, 2.45) is 5.92 Å². The number of carbonyl (C=O) groups excluding carboxylic acids is 1. The van der Waals surface area contributed by atoms with E-state index in [1.165, 1.54) is 0 Å². The van der Waals surface area contributed by atoms with Gasteiger partial charge in [-0.2, -0.15) is 0 Å². The molecule has 1 aliphatic rings. The molecule has 1 amide bonds. The summed E-state index contributed by atoms with van der Waals surface area (Å²) in [7, 11) is 0. The third kappa shape index (κ3) is 2.37. The summed E-state index contributed by atoms with van der Waals surface area (Å²) in [5.74, 6) is 1.07. The summed E-state index contributed by atoms with van der Waals surface area (Å²) in [5.41, 5.74) is 0. The van der Waals surface area contributed by atoms with Gasteiger partial charge in [0, 0.05) is 30.0 Å². The Morgan fingerprint density at radius 2 is 2.47 bits per heavy atom. The van der Waals surface area contributed by atoms with E-state index in [0.29, 0.717) is 18.3 Å². The number of nitrogens with zero attached hydrogens (tertiary/aromatic N) is 1. The van der Waals surface area contributed by atoms with Gasteiger partial charge in [0.25, 0.3) is 0 Å². The highest BCUT2D eigenvalue weighted by atomic mass is 32.1. The van der Waals surface area contributed by atoms with Gasteiger partial charge in [-0.1, -0.05) is 13.8 Å².